The van der Waals surface area contributed by atoms with Gasteiger partial charge in [0.25, 0.3) is 5.91 Å². The van der Waals surface area contributed by atoms with Crippen molar-refractivity contribution in [2.24, 2.45) is 5.92 Å². The lowest BCUT2D eigenvalue weighted by atomic mass is 9.83. The lowest BCUT2D eigenvalue weighted by Crippen LogP contribution is -2.51. The molecular weight excluding hydrogens is 316 g/mol. The molecule has 0 unspecified atom stereocenters. The van der Waals surface area contributed by atoms with E-state index >= 15 is 0 Å². The zero-order valence-corrected chi connectivity index (χ0v) is 15.5. The van der Waals surface area contributed by atoms with Crippen molar-refractivity contribution in [1.29, 1.82) is 0 Å². The number of fused-ring (bicyclic) bond motifs is 2. The van der Waals surface area contributed by atoms with Crippen LogP contribution in [0.2, 0.25) is 0 Å². The number of piperidine rings is 2. The molecular formula is C19H30N4O2. The van der Waals surface area contributed by atoms with Crippen LogP contribution in [-0.2, 0) is 13.0 Å². The molecule has 2 atom stereocenters. The van der Waals surface area contributed by atoms with Gasteiger partial charge in [0, 0.05) is 51.8 Å². The highest BCUT2D eigenvalue weighted by atomic mass is 16.5. The Morgan fingerprint density at radius 2 is 2.04 bits per heavy atom. The van der Waals surface area contributed by atoms with Crippen LogP contribution in [0.3, 0.4) is 0 Å². The summed E-state index contributed by atoms with van der Waals surface area (Å²) in [7, 11) is 3.54. The molecule has 2 fully saturated rings. The summed E-state index contributed by atoms with van der Waals surface area (Å²) in [6.45, 7) is 5.54. The van der Waals surface area contributed by atoms with Crippen molar-refractivity contribution < 1.29 is 9.32 Å². The maximum atomic E-state index is 12.3. The minimum absolute atomic E-state index is 0.0528. The van der Waals surface area contributed by atoms with Gasteiger partial charge in [-0.3, -0.25) is 9.69 Å². The van der Waals surface area contributed by atoms with Crippen molar-refractivity contribution in [3.8, 4) is 0 Å². The van der Waals surface area contributed by atoms with Crippen LogP contribution in [0.4, 0.5) is 0 Å². The largest absolute Gasteiger partial charge is 0.360 e. The summed E-state index contributed by atoms with van der Waals surface area (Å²) in [5.74, 6) is 1.62. The Balaban J connectivity index is 1.45. The fourth-order valence-electron chi connectivity index (χ4n) is 4.92. The molecule has 1 aromatic heterocycles. The Kier molecular flexibility index (Phi) is 4.82. The number of rotatable bonds is 3. The number of carbonyl (C=O) groups is 1. The number of aromatic nitrogens is 1. The molecule has 4 rings (SSSR count). The molecule has 1 amide bonds. The first-order valence-corrected chi connectivity index (χ1v) is 9.79. The van der Waals surface area contributed by atoms with E-state index < -0.39 is 0 Å². The van der Waals surface area contributed by atoms with Gasteiger partial charge in [-0.15, -0.1) is 0 Å². The lowest BCUT2D eigenvalue weighted by molar-refractivity contribution is 0.0373. The quantitative estimate of drug-likeness (QED) is 0.838. The molecule has 2 saturated heterocycles. The van der Waals surface area contributed by atoms with E-state index in [4.69, 9.17) is 4.52 Å². The fraction of sp³-hybridized carbons (Fsp3) is 0.789. The number of amides is 1. The van der Waals surface area contributed by atoms with Crippen LogP contribution in [0.25, 0.3) is 0 Å². The molecule has 3 aliphatic rings. The Bertz CT molecular complexity index is 625. The molecule has 0 aromatic carbocycles. The monoisotopic (exact) mass is 346 g/mol. The van der Waals surface area contributed by atoms with Gasteiger partial charge in [0.05, 0.1) is 0 Å². The van der Waals surface area contributed by atoms with E-state index in [1.165, 1.54) is 45.2 Å². The third kappa shape index (κ3) is 3.34. The molecule has 0 N–H and O–H groups in total. The summed E-state index contributed by atoms with van der Waals surface area (Å²) in [6, 6.07) is 0.772. The van der Waals surface area contributed by atoms with Gasteiger partial charge in [-0.25, -0.2) is 0 Å². The maximum Gasteiger partial charge on any atom is 0.275 e. The van der Waals surface area contributed by atoms with Crippen molar-refractivity contribution in [3.05, 3.63) is 17.0 Å². The molecule has 0 saturated carbocycles. The number of carbonyl (C=O) groups excluding carboxylic acids is 1. The Labute approximate surface area is 150 Å². The first-order chi connectivity index (χ1) is 12.1. The SMILES string of the molecule is CN(C)C(=O)c1noc2c1CN(C[C@@H]1CCCN3CCCC[C@H]13)CC2. The molecule has 25 heavy (non-hydrogen) atoms. The van der Waals surface area contributed by atoms with Crippen LogP contribution in [0.15, 0.2) is 4.52 Å². The van der Waals surface area contributed by atoms with Gasteiger partial charge < -0.3 is 14.3 Å². The molecule has 4 heterocycles. The van der Waals surface area contributed by atoms with Crippen LogP contribution < -0.4 is 0 Å². The molecule has 1 aromatic rings. The second-order valence-electron chi connectivity index (χ2n) is 8.12. The highest BCUT2D eigenvalue weighted by Crippen LogP contribution is 2.33. The van der Waals surface area contributed by atoms with Crippen LogP contribution >= 0.6 is 0 Å². The van der Waals surface area contributed by atoms with Gasteiger partial charge >= 0.3 is 0 Å². The van der Waals surface area contributed by atoms with Gasteiger partial charge in [0.1, 0.15) is 5.76 Å². The van der Waals surface area contributed by atoms with E-state index in [1.807, 2.05) is 0 Å². The lowest BCUT2D eigenvalue weighted by Gasteiger charge is -2.46. The number of hydrogen-bond donors (Lipinski definition) is 0. The van der Waals surface area contributed by atoms with Gasteiger partial charge in [-0.1, -0.05) is 11.6 Å². The third-order valence-corrected chi connectivity index (χ3v) is 6.24. The maximum absolute atomic E-state index is 12.3. The summed E-state index contributed by atoms with van der Waals surface area (Å²) in [4.78, 5) is 19.2. The van der Waals surface area contributed by atoms with E-state index in [-0.39, 0.29) is 5.91 Å². The predicted molar refractivity (Wildman–Crippen MR) is 95.4 cm³/mol. The summed E-state index contributed by atoms with van der Waals surface area (Å²) in [6.07, 6.45) is 7.66. The zero-order chi connectivity index (χ0) is 17.4. The van der Waals surface area contributed by atoms with Gasteiger partial charge in [-0.2, -0.15) is 0 Å². The predicted octanol–water partition coefficient (Wildman–Crippen LogP) is 2.00. The van der Waals surface area contributed by atoms with E-state index in [2.05, 4.69) is 15.0 Å². The van der Waals surface area contributed by atoms with Crippen LogP contribution in [0.5, 0.6) is 0 Å². The topological polar surface area (TPSA) is 52.8 Å². The number of hydrogen-bond acceptors (Lipinski definition) is 5. The average molecular weight is 346 g/mol. The van der Waals surface area contributed by atoms with E-state index in [0.717, 1.165) is 49.3 Å². The van der Waals surface area contributed by atoms with Gasteiger partial charge in [-0.05, 0) is 44.7 Å². The Hall–Kier alpha value is -1.40. The van der Waals surface area contributed by atoms with Crippen molar-refractivity contribution in [1.82, 2.24) is 19.9 Å². The van der Waals surface area contributed by atoms with Crippen molar-refractivity contribution >= 4 is 5.91 Å². The summed E-state index contributed by atoms with van der Waals surface area (Å²) in [5, 5.41) is 4.06. The molecule has 6 nitrogen and oxygen atoms in total. The number of nitrogens with zero attached hydrogens (tertiary/aromatic N) is 4. The summed E-state index contributed by atoms with van der Waals surface area (Å²) in [5.41, 5.74) is 1.52. The molecule has 0 spiro atoms. The first kappa shape index (κ1) is 17.0. The summed E-state index contributed by atoms with van der Waals surface area (Å²) >= 11 is 0. The standard InChI is InChI=1S/C19H30N4O2/c1-21(2)19(24)18-15-13-22(11-8-17(15)25-20-18)12-14-6-5-10-23-9-4-3-7-16(14)23/h14,16H,3-13H2,1-2H3/t14-,16+/m0/s1. The zero-order valence-electron chi connectivity index (χ0n) is 15.5. The van der Waals surface area contributed by atoms with Crippen molar-refractivity contribution in [2.75, 3.05) is 40.3 Å². The highest BCUT2D eigenvalue weighted by molar-refractivity contribution is 5.93. The van der Waals surface area contributed by atoms with E-state index in [9.17, 15) is 4.79 Å². The van der Waals surface area contributed by atoms with E-state index in [0.29, 0.717) is 5.69 Å². The van der Waals surface area contributed by atoms with Crippen molar-refractivity contribution in [2.45, 2.75) is 51.1 Å². The molecule has 0 radical (unpaired) electrons. The molecule has 0 aliphatic carbocycles. The molecule has 0 bridgehead atoms. The van der Waals surface area contributed by atoms with Crippen LogP contribution in [-0.4, -0.2) is 72.1 Å². The van der Waals surface area contributed by atoms with Crippen LogP contribution in [0, 0.1) is 5.92 Å². The highest BCUT2D eigenvalue weighted by Gasteiger charge is 2.35. The normalized spacial score (nSPS) is 27.6. The minimum Gasteiger partial charge on any atom is -0.360 e. The fourth-order valence-corrected chi connectivity index (χ4v) is 4.92. The van der Waals surface area contributed by atoms with Gasteiger partial charge in [0.2, 0.25) is 0 Å². The minimum atomic E-state index is -0.0528. The first-order valence-electron chi connectivity index (χ1n) is 9.79. The van der Waals surface area contributed by atoms with Gasteiger partial charge in [0.15, 0.2) is 5.69 Å². The Morgan fingerprint density at radius 1 is 1.20 bits per heavy atom. The molecule has 6 heteroatoms. The second kappa shape index (κ2) is 7.08. The van der Waals surface area contributed by atoms with Crippen molar-refractivity contribution in [3.63, 3.8) is 0 Å². The Morgan fingerprint density at radius 3 is 2.88 bits per heavy atom. The third-order valence-electron chi connectivity index (χ3n) is 6.24. The second-order valence-corrected chi connectivity index (χ2v) is 8.12. The van der Waals surface area contributed by atoms with E-state index in [1.54, 1.807) is 19.0 Å². The smallest absolute Gasteiger partial charge is 0.275 e. The average Bonchev–Trinajstić information content (AvgIpc) is 3.04. The summed E-state index contributed by atoms with van der Waals surface area (Å²) < 4.78 is 5.45. The molecule has 3 aliphatic heterocycles. The molecule has 138 valence electrons. The van der Waals surface area contributed by atoms with Crippen LogP contribution in [0.1, 0.15) is 53.9 Å².